The number of aromatic nitrogens is 2. The van der Waals surface area contributed by atoms with Crippen LogP contribution in [0.4, 0.5) is 8.78 Å². The minimum absolute atomic E-state index is 0.0869. The van der Waals surface area contributed by atoms with Gasteiger partial charge in [-0.2, -0.15) is 8.78 Å². The van der Waals surface area contributed by atoms with Crippen LogP contribution in [0, 0.1) is 6.92 Å². The first-order valence-corrected chi connectivity index (χ1v) is 10.8. The van der Waals surface area contributed by atoms with E-state index in [1.165, 1.54) is 18.0 Å². The molecular weight excluding hydrogens is 402 g/mol. The van der Waals surface area contributed by atoms with E-state index in [4.69, 9.17) is 4.74 Å². The van der Waals surface area contributed by atoms with Gasteiger partial charge in [0.25, 0.3) is 0 Å². The third kappa shape index (κ3) is 6.48. The fourth-order valence-electron chi connectivity index (χ4n) is 3.79. The minimum atomic E-state index is -2.57. The highest BCUT2D eigenvalue weighted by Gasteiger charge is 2.22. The molecule has 1 aromatic carbocycles. The van der Waals surface area contributed by atoms with Crippen molar-refractivity contribution in [2.75, 3.05) is 39.3 Å². The standard InChI is InChI=1S/C23H34F2N4O2/c1-17-13-18(23(2,3)4)5-6-20(17)31-16-19(30)14-27-9-11-28(12-10-27)15-21-26-7-8-29(21)22(24)25/h5-8,13,19,22,30H,9-12,14-16H2,1-4H3. The second-order valence-electron chi connectivity index (χ2n) is 9.30. The molecule has 31 heavy (non-hydrogen) atoms. The largest absolute Gasteiger partial charge is 0.491 e. The maximum atomic E-state index is 13.0. The van der Waals surface area contributed by atoms with Gasteiger partial charge in [0.1, 0.15) is 24.3 Å². The highest BCUT2D eigenvalue weighted by atomic mass is 19.3. The summed E-state index contributed by atoms with van der Waals surface area (Å²) in [5, 5.41) is 10.4. The number of benzene rings is 1. The van der Waals surface area contributed by atoms with Crippen LogP contribution in [0.15, 0.2) is 30.6 Å². The van der Waals surface area contributed by atoms with Gasteiger partial charge in [-0.1, -0.05) is 32.9 Å². The molecule has 0 amide bonds. The fraction of sp³-hybridized carbons (Fsp3) is 0.609. The van der Waals surface area contributed by atoms with E-state index >= 15 is 0 Å². The zero-order valence-corrected chi connectivity index (χ0v) is 18.9. The second kappa shape index (κ2) is 10.1. The Hall–Kier alpha value is -2.03. The predicted molar refractivity (Wildman–Crippen MR) is 117 cm³/mol. The van der Waals surface area contributed by atoms with Crippen molar-refractivity contribution in [2.24, 2.45) is 0 Å². The number of ether oxygens (including phenoxy) is 1. The van der Waals surface area contributed by atoms with E-state index in [0.717, 1.165) is 42.1 Å². The molecule has 8 heteroatoms. The molecule has 2 heterocycles. The fourth-order valence-corrected chi connectivity index (χ4v) is 3.79. The summed E-state index contributed by atoms with van der Waals surface area (Å²) < 4.78 is 32.7. The summed E-state index contributed by atoms with van der Waals surface area (Å²) in [4.78, 5) is 8.34. The molecule has 1 atom stereocenters. The number of hydrogen-bond acceptors (Lipinski definition) is 5. The van der Waals surface area contributed by atoms with Gasteiger partial charge in [-0.25, -0.2) is 4.98 Å². The number of aliphatic hydroxyl groups excluding tert-OH is 1. The molecule has 1 fully saturated rings. The number of nitrogens with zero attached hydrogens (tertiary/aromatic N) is 4. The van der Waals surface area contributed by atoms with Crippen LogP contribution in [0.5, 0.6) is 5.75 Å². The summed E-state index contributed by atoms with van der Waals surface area (Å²) in [5.74, 6) is 1.18. The lowest BCUT2D eigenvalue weighted by Crippen LogP contribution is -2.49. The zero-order chi connectivity index (χ0) is 22.6. The molecule has 0 bridgehead atoms. The predicted octanol–water partition coefficient (Wildman–Crippen LogP) is 3.44. The van der Waals surface area contributed by atoms with E-state index in [1.54, 1.807) is 0 Å². The van der Waals surface area contributed by atoms with Crippen molar-refractivity contribution in [3.8, 4) is 5.75 Å². The Labute approximate surface area is 183 Å². The summed E-state index contributed by atoms with van der Waals surface area (Å²) in [5.41, 5.74) is 2.41. The third-order valence-corrected chi connectivity index (χ3v) is 5.73. The topological polar surface area (TPSA) is 53.8 Å². The van der Waals surface area contributed by atoms with E-state index in [2.05, 4.69) is 47.7 Å². The maximum Gasteiger partial charge on any atom is 0.319 e. The van der Waals surface area contributed by atoms with E-state index in [0.29, 0.717) is 18.9 Å². The van der Waals surface area contributed by atoms with Crippen LogP contribution in [-0.2, 0) is 12.0 Å². The molecule has 1 unspecified atom stereocenters. The number of alkyl halides is 2. The van der Waals surface area contributed by atoms with Crippen LogP contribution >= 0.6 is 0 Å². The molecule has 0 radical (unpaired) electrons. The molecule has 0 saturated carbocycles. The first-order chi connectivity index (χ1) is 14.6. The average Bonchev–Trinajstić information content (AvgIpc) is 3.16. The monoisotopic (exact) mass is 436 g/mol. The Morgan fingerprint density at radius 1 is 1.13 bits per heavy atom. The van der Waals surface area contributed by atoms with Crippen molar-refractivity contribution in [3.05, 3.63) is 47.5 Å². The van der Waals surface area contributed by atoms with Crippen LogP contribution in [0.2, 0.25) is 0 Å². The molecule has 0 spiro atoms. The van der Waals surface area contributed by atoms with Gasteiger partial charge in [0, 0.05) is 45.1 Å². The molecule has 3 rings (SSSR count). The van der Waals surface area contributed by atoms with Gasteiger partial charge in [0.05, 0.1) is 6.54 Å². The normalized spacial score (nSPS) is 17.3. The Kier molecular flexibility index (Phi) is 7.67. The van der Waals surface area contributed by atoms with E-state index in [-0.39, 0.29) is 12.0 Å². The number of rotatable bonds is 8. The van der Waals surface area contributed by atoms with E-state index in [9.17, 15) is 13.9 Å². The maximum absolute atomic E-state index is 13.0. The first kappa shape index (κ1) is 23.6. The molecule has 1 N–H and O–H groups in total. The van der Waals surface area contributed by atoms with Crippen LogP contribution < -0.4 is 4.74 Å². The summed E-state index contributed by atoms with van der Waals surface area (Å²) in [6, 6.07) is 6.19. The number of halogens is 2. The van der Waals surface area contributed by atoms with Crippen molar-refractivity contribution in [1.82, 2.24) is 19.4 Å². The van der Waals surface area contributed by atoms with Gasteiger partial charge in [0.2, 0.25) is 0 Å². The Bertz CT molecular complexity index is 842. The van der Waals surface area contributed by atoms with Crippen LogP contribution in [0.3, 0.4) is 0 Å². The van der Waals surface area contributed by atoms with E-state index in [1.807, 2.05) is 13.0 Å². The quantitative estimate of drug-likeness (QED) is 0.687. The van der Waals surface area contributed by atoms with Gasteiger partial charge < -0.3 is 9.84 Å². The second-order valence-corrected chi connectivity index (χ2v) is 9.30. The lowest BCUT2D eigenvalue weighted by atomic mass is 9.86. The molecule has 6 nitrogen and oxygen atoms in total. The van der Waals surface area contributed by atoms with Crippen LogP contribution in [0.25, 0.3) is 0 Å². The van der Waals surface area contributed by atoms with Crippen molar-refractivity contribution in [1.29, 1.82) is 0 Å². The number of hydrogen-bond donors (Lipinski definition) is 1. The molecular formula is C23H34F2N4O2. The number of aliphatic hydroxyl groups is 1. The molecule has 1 aromatic heterocycles. The first-order valence-electron chi connectivity index (χ1n) is 10.8. The lowest BCUT2D eigenvalue weighted by molar-refractivity contribution is 0.0397. The lowest BCUT2D eigenvalue weighted by Gasteiger charge is -2.35. The Morgan fingerprint density at radius 3 is 2.42 bits per heavy atom. The van der Waals surface area contributed by atoms with E-state index < -0.39 is 12.7 Å². The van der Waals surface area contributed by atoms with Gasteiger partial charge in [0.15, 0.2) is 0 Å². The van der Waals surface area contributed by atoms with Crippen molar-refractivity contribution < 1.29 is 18.6 Å². The Morgan fingerprint density at radius 2 is 1.81 bits per heavy atom. The molecule has 0 aliphatic carbocycles. The van der Waals surface area contributed by atoms with Gasteiger partial charge in [-0.05, 0) is 29.5 Å². The smallest absolute Gasteiger partial charge is 0.319 e. The number of piperazine rings is 1. The summed E-state index contributed by atoms with van der Waals surface area (Å²) in [6.45, 7) is 10.2. The molecule has 1 saturated heterocycles. The molecule has 1 aliphatic rings. The summed E-state index contributed by atoms with van der Waals surface area (Å²) in [6.07, 6.45) is 2.13. The average molecular weight is 437 g/mol. The third-order valence-electron chi connectivity index (χ3n) is 5.73. The summed E-state index contributed by atoms with van der Waals surface area (Å²) in [7, 11) is 0. The van der Waals surface area contributed by atoms with Crippen LogP contribution in [0.1, 0.15) is 44.3 Å². The van der Waals surface area contributed by atoms with Crippen molar-refractivity contribution >= 4 is 0 Å². The number of aryl methyl sites for hydroxylation is 1. The minimum Gasteiger partial charge on any atom is -0.491 e. The van der Waals surface area contributed by atoms with Crippen molar-refractivity contribution in [3.63, 3.8) is 0 Å². The molecule has 172 valence electrons. The molecule has 1 aliphatic heterocycles. The SMILES string of the molecule is Cc1cc(C(C)(C)C)ccc1OCC(O)CN1CCN(Cc2nccn2C(F)F)CC1. The highest BCUT2D eigenvalue weighted by molar-refractivity contribution is 5.38. The van der Waals surface area contributed by atoms with Gasteiger partial charge in [-0.15, -0.1) is 0 Å². The molecule has 2 aromatic rings. The van der Waals surface area contributed by atoms with Gasteiger partial charge in [-0.3, -0.25) is 14.4 Å². The van der Waals surface area contributed by atoms with Crippen molar-refractivity contribution in [2.45, 2.75) is 52.3 Å². The number of imidazole rings is 1. The summed E-state index contributed by atoms with van der Waals surface area (Å²) >= 11 is 0. The zero-order valence-electron chi connectivity index (χ0n) is 18.9. The van der Waals surface area contributed by atoms with Crippen LogP contribution in [-0.4, -0.2) is 69.9 Å². The highest BCUT2D eigenvalue weighted by Crippen LogP contribution is 2.27. The van der Waals surface area contributed by atoms with Gasteiger partial charge >= 0.3 is 6.55 Å². The number of β-amino-alcohol motifs (C(OH)–C–C–N with tert-alkyl or cyclic N) is 1. The Balaban J connectivity index is 1.42.